The van der Waals surface area contributed by atoms with Gasteiger partial charge in [-0.3, -0.25) is 10.1 Å². The van der Waals surface area contributed by atoms with E-state index in [1.807, 2.05) is 6.92 Å². The molecule has 1 rings (SSSR count). The summed E-state index contributed by atoms with van der Waals surface area (Å²) < 4.78 is 10.4. The van der Waals surface area contributed by atoms with Crippen molar-refractivity contribution in [3.63, 3.8) is 0 Å². The highest BCUT2D eigenvalue weighted by atomic mass is 16.6. The van der Waals surface area contributed by atoms with Gasteiger partial charge in [0.25, 0.3) is 5.69 Å². The number of rotatable bonds is 8. The van der Waals surface area contributed by atoms with Gasteiger partial charge < -0.3 is 14.8 Å². The minimum absolute atomic E-state index is 0.0148. The molecule has 0 aliphatic rings. The number of hydrogen-bond donors (Lipinski definition) is 1. The average molecular weight is 296 g/mol. The summed E-state index contributed by atoms with van der Waals surface area (Å²) in [4.78, 5) is 21.9. The SMILES string of the molecule is CCNCc1cc([N+](=O)[O-])ccc1OC(C)C(=O)OCC. The second-order valence-corrected chi connectivity index (χ2v) is 4.34. The molecule has 0 bridgehead atoms. The van der Waals surface area contributed by atoms with E-state index in [0.717, 1.165) is 6.54 Å². The standard InChI is InChI=1S/C14H20N2O5/c1-4-15-9-11-8-12(16(18)19)6-7-13(11)21-10(3)14(17)20-5-2/h6-8,10,15H,4-5,9H2,1-3H3. The number of nitrogens with one attached hydrogen (secondary N) is 1. The van der Waals surface area contributed by atoms with Crippen LogP contribution in [-0.2, 0) is 16.1 Å². The monoisotopic (exact) mass is 296 g/mol. The third-order valence-electron chi connectivity index (χ3n) is 2.74. The van der Waals surface area contributed by atoms with Crippen LogP contribution < -0.4 is 10.1 Å². The largest absolute Gasteiger partial charge is 0.479 e. The van der Waals surface area contributed by atoms with Gasteiger partial charge in [0.05, 0.1) is 11.5 Å². The second kappa shape index (κ2) is 8.21. The lowest BCUT2D eigenvalue weighted by atomic mass is 10.1. The maximum atomic E-state index is 11.6. The number of hydrogen-bond acceptors (Lipinski definition) is 6. The van der Waals surface area contributed by atoms with E-state index in [1.165, 1.54) is 18.2 Å². The molecule has 1 unspecified atom stereocenters. The highest BCUT2D eigenvalue weighted by molar-refractivity contribution is 5.74. The Hall–Kier alpha value is -2.15. The van der Waals surface area contributed by atoms with Gasteiger partial charge in [-0.05, 0) is 26.5 Å². The summed E-state index contributed by atoms with van der Waals surface area (Å²) in [6.07, 6.45) is -0.771. The van der Waals surface area contributed by atoms with Gasteiger partial charge in [0.2, 0.25) is 0 Å². The molecule has 1 N–H and O–H groups in total. The maximum absolute atomic E-state index is 11.6. The normalized spacial score (nSPS) is 11.8. The first-order valence-corrected chi connectivity index (χ1v) is 6.80. The molecule has 0 aliphatic heterocycles. The van der Waals surface area contributed by atoms with E-state index in [-0.39, 0.29) is 12.3 Å². The highest BCUT2D eigenvalue weighted by Crippen LogP contribution is 2.25. The van der Waals surface area contributed by atoms with Crippen LogP contribution in [0.25, 0.3) is 0 Å². The number of carbonyl (C=O) groups excluding carboxylic acids is 1. The maximum Gasteiger partial charge on any atom is 0.347 e. The van der Waals surface area contributed by atoms with Gasteiger partial charge in [-0.25, -0.2) is 4.79 Å². The van der Waals surface area contributed by atoms with Crippen molar-refractivity contribution in [3.8, 4) is 5.75 Å². The molecule has 1 aromatic carbocycles. The Balaban J connectivity index is 2.93. The van der Waals surface area contributed by atoms with Crippen molar-refractivity contribution in [3.05, 3.63) is 33.9 Å². The molecule has 0 aliphatic carbocycles. The van der Waals surface area contributed by atoms with Crippen LogP contribution in [0.4, 0.5) is 5.69 Å². The van der Waals surface area contributed by atoms with E-state index in [0.29, 0.717) is 17.9 Å². The fourth-order valence-electron chi connectivity index (χ4n) is 1.69. The first kappa shape index (κ1) is 16.9. The van der Waals surface area contributed by atoms with Crippen LogP contribution in [0.1, 0.15) is 26.3 Å². The number of carbonyl (C=O) groups is 1. The molecule has 0 saturated carbocycles. The zero-order chi connectivity index (χ0) is 15.8. The Morgan fingerprint density at radius 2 is 2.14 bits per heavy atom. The second-order valence-electron chi connectivity index (χ2n) is 4.34. The molecular weight excluding hydrogens is 276 g/mol. The fourth-order valence-corrected chi connectivity index (χ4v) is 1.69. The Morgan fingerprint density at radius 3 is 2.71 bits per heavy atom. The topological polar surface area (TPSA) is 90.7 Å². The van der Waals surface area contributed by atoms with Crippen LogP contribution in [0.15, 0.2) is 18.2 Å². The summed E-state index contributed by atoms with van der Waals surface area (Å²) in [5, 5.41) is 13.9. The van der Waals surface area contributed by atoms with Gasteiger partial charge in [-0.15, -0.1) is 0 Å². The minimum atomic E-state index is -0.771. The Kier molecular flexibility index (Phi) is 6.61. The molecule has 0 saturated heterocycles. The van der Waals surface area contributed by atoms with Gasteiger partial charge in [-0.2, -0.15) is 0 Å². The van der Waals surface area contributed by atoms with Crippen LogP contribution in [0.5, 0.6) is 5.75 Å². The number of nitro benzene ring substituents is 1. The van der Waals surface area contributed by atoms with Crippen LogP contribution in [0, 0.1) is 10.1 Å². The van der Waals surface area contributed by atoms with Crippen molar-refractivity contribution >= 4 is 11.7 Å². The molecule has 0 radical (unpaired) electrons. The third kappa shape index (κ3) is 5.03. The molecule has 7 nitrogen and oxygen atoms in total. The predicted molar refractivity (Wildman–Crippen MR) is 77.2 cm³/mol. The summed E-state index contributed by atoms with van der Waals surface area (Å²) in [7, 11) is 0. The summed E-state index contributed by atoms with van der Waals surface area (Å²) in [5.74, 6) is -0.0349. The molecule has 0 heterocycles. The number of non-ortho nitro benzene ring substituents is 1. The Morgan fingerprint density at radius 1 is 1.43 bits per heavy atom. The van der Waals surface area contributed by atoms with Crippen LogP contribution in [0.2, 0.25) is 0 Å². The van der Waals surface area contributed by atoms with Crippen LogP contribution >= 0.6 is 0 Å². The molecule has 1 atom stereocenters. The number of nitro groups is 1. The molecule has 116 valence electrons. The first-order chi connectivity index (χ1) is 9.99. The van der Waals surface area contributed by atoms with Gasteiger partial charge in [0.1, 0.15) is 5.75 Å². The van der Waals surface area contributed by atoms with E-state index >= 15 is 0 Å². The molecule has 7 heteroatoms. The molecule has 21 heavy (non-hydrogen) atoms. The lowest BCUT2D eigenvalue weighted by molar-refractivity contribution is -0.384. The Labute approximate surface area is 123 Å². The van der Waals surface area contributed by atoms with Gasteiger partial charge >= 0.3 is 5.97 Å². The molecule has 0 fully saturated rings. The molecule has 0 aromatic heterocycles. The zero-order valence-corrected chi connectivity index (χ0v) is 12.4. The summed E-state index contributed by atoms with van der Waals surface area (Å²) in [6.45, 7) is 6.64. The number of benzene rings is 1. The van der Waals surface area contributed by atoms with Crippen molar-refractivity contribution in [2.45, 2.75) is 33.4 Å². The lowest BCUT2D eigenvalue weighted by Gasteiger charge is -2.16. The van der Waals surface area contributed by atoms with Gasteiger partial charge in [-0.1, -0.05) is 6.92 Å². The molecule has 0 spiro atoms. The minimum Gasteiger partial charge on any atom is -0.479 e. The smallest absolute Gasteiger partial charge is 0.347 e. The van der Waals surface area contributed by atoms with Crippen LogP contribution in [0.3, 0.4) is 0 Å². The zero-order valence-electron chi connectivity index (χ0n) is 12.4. The van der Waals surface area contributed by atoms with E-state index in [2.05, 4.69) is 5.32 Å². The predicted octanol–water partition coefficient (Wildman–Crippen LogP) is 2.03. The van der Waals surface area contributed by atoms with E-state index in [9.17, 15) is 14.9 Å². The Bertz CT molecular complexity index is 504. The van der Waals surface area contributed by atoms with Crippen molar-refractivity contribution < 1.29 is 19.2 Å². The number of ether oxygens (including phenoxy) is 2. The van der Waals surface area contributed by atoms with E-state index < -0.39 is 17.0 Å². The first-order valence-electron chi connectivity index (χ1n) is 6.80. The lowest BCUT2D eigenvalue weighted by Crippen LogP contribution is -2.26. The summed E-state index contributed by atoms with van der Waals surface area (Å²) >= 11 is 0. The quantitative estimate of drug-likeness (QED) is 0.448. The van der Waals surface area contributed by atoms with E-state index in [4.69, 9.17) is 9.47 Å². The molecule has 1 aromatic rings. The van der Waals surface area contributed by atoms with Crippen molar-refractivity contribution in [1.29, 1.82) is 0 Å². The van der Waals surface area contributed by atoms with Gasteiger partial charge in [0.15, 0.2) is 6.10 Å². The molecular formula is C14H20N2O5. The highest BCUT2D eigenvalue weighted by Gasteiger charge is 2.19. The number of esters is 1. The fraction of sp³-hybridized carbons (Fsp3) is 0.500. The van der Waals surface area contributed by atoms with Crippen molar-refractivity contribution in [2.75, 3.05) is 13.2 Å². The van der Waals surface area contributed by atoms with Crippen LogP contribution in [-0.4, -0.2) is 30.1 Å². The summed E-state index contributed by atoms with van der Waals surface area (Å²) in [5.41, 5.74) is 0.612. The average Bonchev–Trinajstić information content (AvgIpc) is 2.46. The number of nitrogens with zero attached hydrogens (tertiary/aromatic N) is 1. The van der Waals surface area contributed by atoms with E-state index in [1.54, 1.807) is 13.8 Å². The van der Waals surface area contributed by atoms with Crippen molar-refractivity contribution in [2.24, 2.45) is 0 Å². The van der Waals surface area contributed by atoms with Gasteiger partial charge in [0, 0.05) is 24.2 Å². The summed E-state index contributed by atoms with van der Waals surface area (Å²) in [6, 6.07) is 4.29. The third-order valence-corrected chi connectivity index (χ3v) is 2.74. The molecule has 0 amide bonds. The van der Waals surface area contributed by atoms with Crippen molar-refractivity contribution in [1.82, 2.24) is 5.32 Å².